The van der Waals surface area contributed by atoms with Gasteiger partial charge in [0.2, 0.25) is 0 Å². The van der Waals surface area contributed by atoms with Crippen molar-refractivity contribution in [2.45, 2.75) is 85.6 Å². The van der Waals surface area contributed by atoms with Crippen LogP contribution in [0.5, 0.6) is 5.75 Å². The summed E-state index contributed by atoms with van der Waals surface area (Å²) in [5.74, 6) is 0.443. The van der Waals surface area contributed by atoms with Gasteiger partial charge in [-0.3, -0.25) is 4.55 Å². The molecule has 0 spiro atoms. The fourth-order valence-corrected chi connectivity index (χ4v) is 12.9. The summed E-state index contributed by atoms with van der Waals surface area (Å²) < 4.78 is 48.5. The number of methoxy groups -OCH3 is 2. The maximum Gasteiger partial charge on any atom is 1.00 e. The normalized spacial score (nSPS) is 28.6. The second-order valence-electron chi connectivity index (χ2n) is 9.52. The molecular weight excluding hydrogens is 478 g/mol. The van der Waals surface area contributed by atoms with E-state index in [2.05, 4.69) is 0 Å². The van der Waals surface area contributed by atoms with Gasteiger partial charge in [0.1, 0.15) is 11.1 Å². The molecule has 184 valence electrons. The minimum absolute atomic E-state index is 0. The Balaban J connectivity index is 0.00000216. The van der Waals surface area contributed by atoms with Gasteiger partial charge in [0.05, 0.1) is 7.11 Å². The summed E-state index contributed by atoms with van der Waals surface area (Å²) in [5, 5.41) is -1.18. The Bertz CT molecular complexity index is 973. The number of ether oxygens (including phenoxy) is 2. The van der Waals surface area contributed by atoms with Crippen LogP contribution < -0.4 is 34.3 Å². The van der Waals surface area contributed by atoms with Crippen molar-refractivity contribution in [3.05, 3.63) is 54.1 Å². The van der Waals surface area contributed by atoms with Crippen molar-refractivity contribution in [3.63, 3.8) is 0 Å². The summed E-state index contributed by atoms with van der Waals surface area (Å²) in [6, 6.07) is 7.15. The van der Waals surface area contributed by atoms with E-state index >= 15 is 0 Å². The molecule has 0 aromatic heterocycles. The van der Waals surface area contributed by atoms with E-state index in [-0.39, 0.29) is 31.0 Å². The minimum Gasteiger partial charge on any atom is -1.00 e. The standard InChI is InChI=1S/C26H37O5PS.Na.H/c1-30-24-18-10-9-17-23(24)25(33(27,28)29)19-11-12-20-26(25,31-2)32(21-13-5-3-6-14-21)22-15-7-4-8-16-22;;/h9-12,17-22H,3-8,13-16H2,1-2H3,(H,27,28,29);;/q;+1;-1. The van der Waals surface area contributed by atoms with Crippen molar-refractivity contribution >= 4 is 18.0 Å². The van der Waals surface area contributed by atoms with Crippen molar-refractivity contribution in [1.29, 1.82) is 0 Å². The van der Waals surface area contributed by atoms with Crippen molar-refractivity contribution in [2.24, 2.45) is 0 Å². The summed E-state index contributed by atoms with van der Waals surface area (Å²) in [7, 11) is -2.42. The molecule has 5 nitrogen and oxygen atoms in total. The number of rotatable bonds is 7. The fourth-order valence-electron chi connectivity index (χ4n) is 6.43. The van der Waals surface area contributed by atoms with E-state index in [0.29, 0.717) is 22.6 Å². The molecule has 2 unspecified atom stereocenters. The molecule has 0 heterocycles. The van der Waals surface area contributed by atoms with Crippen LogP contribution in [-0.2, 0) is 19.6 Å². The average Bonchev–Trinajstić information content (AvgIpc) is 2.85. The van der Waals surface area contributed by atoms with Gasteiger partial charge in [-0.1, -0.05) is 82.9 Å². The predicted molar refractivity (Wildman–Crippen MR) is 136 cm³/mol. The molecule has 3 aliphatic rings. The Morgan fingerprint density at radius 2 is 1.44 bits per heavy atom. The van der Waals surface area contributed by atoms with Crippen LogP contribution in [0.15, 0.2) is 48.6 Å². The molecule has 0 amide bonds. The summed E-state index contributed by atoms with van der Waals surface area (Å²) in [6.45, 7) is 0. The average molecular weight is 517 g/mol. The molecule has 0 radical (unpaired) electrons. The largest absolute Gasteiger partial charge is 1.00 e. The van der Waals surface area contributed by atoms with Crippen molar-refractivity contribution in [2.75, 3.05) is 14.2 Å². The topological polar surface area (TPSA) is 72.8 Å². The van der Waals surface area contributed by atoms with Gasteiger partial charge >= 0.3 is 29.6 Å². The van der Waals surface area contributed by atoms with E-state index in [4.69, 9.17) is 9.47 Å². The number of para-hydroxylation sites is 1. The first-order chi connectivity index (χ1) is 15.9. The maximum atomic E-state index is 13.6. The smallest absolute Gasteiger partial charge is 1.00 e. The Labute approximate surface area is 230 Å². The summed E-state index contributed by atoms with van der Waals surface area (Å²) in [6.07, 6.45) is 18.8. The van der Waals surface area contributed by atoms with Crippen LogP contribution >= 0.6 is 7.92 Å². The zero-order valence-electron chi connectivity index (χ0n) is 21.8. The van der Waals surface area contributed by atoms with Crippen LogP contribution in [0.4, 0.5) is 0 Å². The van der Waals surface area contributed by atoms with Crippen molar-refractivity contribution < 1.29 is 53.4 Å². The van der Waals surface area contributed by atoms with Crippen LogP contribution in [0.2, 0.25) is 0 Å². The van der Waals surface area contributed by atoms with Gasteiger partial charge in [-0.05, 0) is 49.1 Å². The summed E-state index contributed by atoms with van der Waals surface area (Å²) >= 11 is 0. The minimum atomic E-state index is -4.64. The molecule has 1 aromatic carbocycles. The van der Waals surface area contributed by atoms with E-state index in [0.717, 1.165) is 25.7 Å². The Morgan fingerprint density at radius 1 is 0.912 bits per heavy atom. The third-order valence-electron chi connectivity index (χ3n) is 7.84. The van der Waals surface area contributed by atoms with Crippen LogP contribution in [-0.4, -0.2) is 43.9 Å². The first kappa shape index (κ1) is 28.4. The van der Waals surface area contributed by atoms with E-state index in [1.165, 1.54) is 38.5 Å². The number of hydrogen-bond donors (Lipinski definition) is 1. The molecule has 1 N–H and O–H groups in total. The van der Waals surface area contributed by atoms with Gasteiger partial charge in [0, 0.05) is 12.7 Å². The molecule has 3 aliphatic carbocycles. The Hall–Kier alpha value is -0.200. The number of allylic oxidation sites excluding steroid dienone is 2. The van der Waals surface area contributed by atoms with E-state index in [1.807, 2.05) is 18.2 Å². The molecule has 1 aromatic rings. The predicted octanol–water partition coefficient (Wildman–Crippen LogP) is 3.51. The molecule has 34 heavy (non-hydrogen) atoms. The summed E-state index contributed by atoms with van der Waals surface area (Å²) in [5.41, 5.74) is 1.25. The molecule has 8 heteroatoms. The third-order valence-corrected chi connectivity index (χ3v) is 13.5. The van der Waals surface area contributed by atoms with Crippen molar-refractivity contribution in [3.8, 4) is 5.75 Å². The second kappa shape index (κ2) is 11.9. The first-order valence-corrected chi connectivity index (χ1v) is 15.1. The molecule has 2 atom stereocenters. The zero-order valence-corrected chi connectivity index (χ0v) is 24.5. The van der Waals surface area contributed by atoms with Crippen LogP contribution in [0, 0.1) is 0 Å². The van der Waals surface area contributed by atoms with Gasteiger partial charge in [-0.15, -0.1) is 0 Å². The van der Waals surface area contributed by atoms with Gasteiger partial charge in [0.25, 0.3) is 10.1 Å². The number of benzene rings is 1. The van der Waals surface area contributed by atoms with E-state index in [1.54, 1.807) is 44.6 Å². The van der Waals surface area contributed by atoms with E-state index in [9.17, 15) is 13.0 Å². The first-order valence-electron chi connectivity index (χ1n) is 12.2. The maximum absolute atomic E-state index is 13.6. The van der Waals surface area contributed by atoms with Crippen LogP contribution in [0.25, 0.3) is 0 Å². The molecule has 2 fully saturated rings. The fraction of sp³-hybridized carbons (Fsp3) is 0.615. The molecule has 2 saturated carbocycles. The molecule has 0 saturated heterocycles. The molecule has 4 rings (SSSR count). The quantitative estimate of drug-likeness (QED) is 0.341. The second-order valence-corrected chi connectivity index (χ2v) is 14.1. The van der Waals surface area contributed by atoms with E-state index < -0.39 is 28.1 Å². The van der Waals surface area contributed by atoms with Crippen molar-refractivity contribution in [1.82, 2.24) is 0 Å². The SMILES string of the molecule is COc1ccccc1C1(S(=O)(=O)O)C=CC=CC1(OC)P(C1CCCCC1)C1CCCCC1.[H-].[Na+]. The Kier molecular flexibility index (Phi) is 9.93. The van der Waals surface area contributed by atoms with Gasteiger partial charge < -0.3 is 10.9 Å². The molecular formula is C26H38NaO5PS. The monoisotopic (exact) mass is 516 g/mol. The Morgan fingerprint density at radius 3 is 1.94 bits per heavy atom. The van der Waals surface area contributed by atoms with Gasteiger partial charge in [-0.25, -0.2) is 0 Å². The van der Waals surface area contributed by atoms with Gasteiger partial charge in [0.15, 0.2) is 4.75 Å². The van der Waals surface area contributed by atoms with Crippen LogP contribution in [0.3, 0.4) is 0 Å². The van der Waals surface area contributed by atoms with Crippen LogP contribution in [0.1, 0.15) is 71.2 Å². The molecule has 0 aliphatic heterocycles. The summed E-state index contributed by atoms with van der Waals surface area (Å²) in [4.78, 5) is 0. The number of hydrogen-bond acceptors (Lipinski definition) is 4. The van der Waals surface area contributed by atoms with Gasteiger partial charge in [-0.2, -0.15) is 8.42 Å². The molecule has 0 bridgehead atoms. The third kappa shape index (κ3) is 4.86. The zero-order chi connectivity index (χ0) is 23.5.